The van der Waals surface area contributed by atoms with Gasteiger partial charge >= 0.3 is 5.97 Å². The number of sulfonamides is 1. The number of amides is 1. The van der Waals surface area contributed by atoms with E-state index in [9.17, 15) is 18.0 Å². The number of piperidine rings is 1. The minimum atomic E-state index is -3.77. The Morgan fingerprint density at radius 2 is 1.72 bits per heavy atom. The van der Waals surface area contributed by atoms with Crippen molar-refractivity contribution >= 4 is 21.9 Å². The summed E-state index contributed by atoms with van der Waals surface area (Å²) < 4.78 is 30.7. The fourth-order valence-electron chi connectivity index (χ4n) is 2.58. The molecule has 1 aromatic carbocycles. The molecule has 1 aromatic rings. The number of likely N-dealkylation sites (tertiary alicyclic amines) is 1. The first-order valence-corrected chi connectivity index (χ1v) is 9.71. The van der Waals surface area contributed by atoms with E-state index in [0.29, 0.717) is 13.1 Å². The van der Waals surface area contributed by atoms with E-state index in [1.165, 1.54) is 19.2 Å². The number of carbonyl (C=O) groups is 2. The number of ether oxygens (including phenoxy) is 1. The second-order valence-corrected chi connectivity index (χ2v) is 8.22. The first-order chi connectivity index (χ1) is 11.8. The molecule has 138 valence electrons. The molecule has 25 heavy (non-hydrogen) atoms. The molecule has 0 saturated carbocycles. The van der Waals surface area contributed by atoms with Crippen molar-refractivity contribution in [3.8, 4) is 0 Å². The lowest BCUT2D eigenvalue weighted by Crippen LogP contribution is -2.39. The number of likely N-dealkylation sites (N-methyl/N-ethyl adjacent to an activating group) is 1. The summed E-state index contributed by atoms with van der Waals surface area (Å²) in [5.41, 5.74) is 0.942. The Kier molecular flexibility index (Phi) is 6.55. The van der Waals surface area contributed by atoms with Crippen LogP contribution in [0.15, 0.2) is 29.2 Å². The van der Waals surface area contributed by atoms with E-state index in [1.54, 1.807) is 17.0 Å². The minimum Gasteiger partial charge on any atom is -0.455 e. The van der Waals surface area contributed by atoms with Gasteiger partial charge in [-0.3, -0.25) is 9.59 Å². The molecule has 1 saturated heterocycles. The molecule has 0 N–H and O–H groups in total. The highest BCUT2D eigenvalue weighted by Crippen LogP contribution is 2.15. The number of nitrogens with zero attached hydrogens (tertiary/aromatic N) is 2. The summed E-state index contributed by atoms with van der Waals surface area (Å²) in [6.45, 7) is 2.42. The molecule has 0 aromatic heterocycles. The minimum absolute atomic E-state index is 0.109. The summed E-state index contributed by atoms with van der Waals surface area (Å²) in [5.74, 6) is -0.986. The molecular formula is C17H24N2O5S. The van der Waals surface area contributed by atoms with Crippen molar-refractivity contribution in [2.45, 2.75) is 31.1 Å². The third kappa shape index (κ3) is 5.27. The van der Waals surface area contributed by atoms with Crippen molar-refractivity contribution in [3.05, 3.63) is 29.8 Å². The lowest BCUT2D eigenvalue weighted by atomic mass is 10.1. The zero-order chi connectivity index (χ0) is 18.4. The number of aryl methyl sites for hydroxylation is 1. The second-order valence-electron chi connectivity index (χ2n) is 6.18. The van der Waals surface area contributed by atoms with Gasteiger partial charge in [0.1, 0.15) is 6.54 Å². The lowest BCUT2D eigenvalue weighted by molar-refractivity contribution is -0.152. The Morgan fingerprint density at radius 1 is 1.12 bits per heavy atom. The van der Waals surface area contributed by atoms with Gasteiger partial charge in [0.15, 0.2) is 6.61 Å². The fourth-order valence-corrected chi connectivity index (χ4v) is 3.69. The van der Waals surface area contributed by atoms with E-state index in [0.717, 1.165) is 29.1 Å². The Morgan fingerprint density at radius 3 is 2.32 bits per heavy atom. The van der Waals surface area contributed by atoms with Crippen LogP contribution in [0.1, 0.15) is 24.8 Å². The number of hydrogen-bond donors (Lipinski definition) is 0. The van der Waals surface area contributed by atoms with E-state index >= 15 is 0 Å². The average Bonchev–Trinajstić information content (AvgIpc) is 2.60. The van der Waals surface area contributed by atoms with Crippen LogP contribution in [0.2, 0.25) is 0 Å². The first kappa shape index (κ1) is 19.4. The maximum Gasteiger partial charge on any atom is 0.321 e. The molecule has 0 atom stereocenters. The van der Waals surface area contributed by atoms with Crippen LogP contribution in [0.3, 0.4) is 0 Å². The standard InChI is InChI=1S/C17H24N2O5S/c1-14-6-8-15(9-7-14)25(22,23)18(2)12-17(21)24-13-16(20)19-10-4-3-5-11-19/h6-9H,3-5,10-13H2,1-2H3. The van der Waals surface area contributed by atoms with Crippen molar-refractivity contribution in [2.24, 2.45) is 0 Å². The molecule has 0 radical (unpaired) electrons. The fraction of sp³-hybridized carbons (Fsp3) is 0.529. The van der Waals surface area contributed by atoms with Crippen molar-refractivity contribution in [1.82, 2.24) is 9.21 Å². The highest BCUT2D eigenvalue weighted by atomic mass is 32.2. The number of esters is 1. The average molecular weight is 368 g/mol. The first-order valence-electron chi connectivity index (χ1n) is 8.27. The van der Waals surface area contributed by atoms with E-state index in [2.05, 4.69) is 0 Å². The van der Waals surface area contributed by atoms with Crippen LogP contribution >= 0.6 is 0 Å². The summed E-state index contributed by atoms with van der Waals surface area (Å²) in [5, 5.41) is 0. The maximum atomic E-state index is 12.4. The van der Waals surface area contributed by atoms with E-state index in [1.807, 2.05) is 6.92 Å². The molecule has 1 fully saturated rings. The van der Waals surface area contributed by atoms with Gasteiger partial charge in [-0.2, -0.15) is 4.31 Å². The molecule has 0 spiro atoms. The third-order valence-corrected chi connectivity index (χ3v) is 5.96. The second kappa shape index (κ2) is 8.44. The van der Waals surface area contributed by atoms with Gasteiger partial charge in [0.25, 0.3) is 5.91 Å². The topological polar surface area (TPSA) is 84.0 Å². The van der Waals surface area contributed by atoms with Crippen molar-refractivity contribution < 1.29 is 22.7 Å². The summed E-state index contributed by atoms with van der Waals surface area (Å²) >= 11 is 0. The van der Waals surface area contributed by atoms with Gasteiger partial charge in [0, 0.05) is 20.1 Å². The molecule has 1 aliphatic heterocycles. The highest BCUT2D eigenvalue weighted by Gasteiger charge is 2.24. The molecule has 0 aliphatic carbocycles. The Bertz CT molecular complexity index is 709. The zero-order valence-corrected chi connectivity index (χ0v) is 15.4. The number of benzene rings is 1. The number of carbonyl (C=O) groups excluding carboxylic acids is 2. The molecule has 1 amide bonds. The van der Waals surface area contributed by atoms with Crippen LogP contribution in [-0.4, -0.2) is 62.8 Å². The molecule has 1 heterocycles. The normalized spacial score (nSPS) is 15.2. The predicted molar refractivity (Wildman–Crippen MR) is 92.4 cm³/mol. The van der Waals surface area contributed by atoms with Gasteiger partial charge in [0.2, 0.25) is 10.0 Å². The van der Waals surface area contributed by atoms with E-state index < -0.39 is 22.5 Å². The Hall–Kier alpha value is -1.93. The van der Waals surface area contributed by atoms with Gasteiger partial charge in [0.05, 0.1) is 4.90 Å². The molecule has 2 rings (SSSR count). The molecule has 7 nitrogen and oxygen atoms in total. The highest BCUT2D eigenvalue weighted by molar-refractivity contribution is 7.89. The molecule has 0 bridgehead atoms. The van der Waals surface area contributed by atoms with Crippen LogP contribution in [0.25, 0.3) is 0 Å². The van der Waals surface area contributed by atoms with Gasteiger partial charge < -0.3 is 9.64 Å². The quantitative estimate of drug-likeness (QED) is 0.704. The lowest BCUT2D eigenvalue weighted by Gasteiger charge is -2.26. The van der Waals surface area contributed by atoms with Crippen LogP contribution in [0, 0.1) is 6.92 Å². The summed E-state index contributed by atoms with van der Waals surface area (Å²) in [6.07, 6.45) is 3.01. The van der Waals surface area contributed by atoms with Gasteiger partial charge in [-0.05, 0) is 38.3 Å². The summed E-state index contributed by atoms with van der Waals surface area (Å²) in [6, 6.07) is 6.37. The number of rotatable bonds is 6. The number of hydrogen-bond acceptors (Lipinski definition) is 5. The zero-order valence-electron chi connectivity index (χ0n) is 14.6. The van der Waals surface area contributed by atoms with Crippen LogP contribution < -0.4 is 0 Å². The predicted octanol–water partition coefficient (Wildman–Crippen LogP) is 1.17. The molecule has 0 unspecified atom stereocenters. The van der Waals surface area contributed by atoms with Crippen LogP contribution in [0.5, 0.6) is 0 Å². The molecule has 8 heteroatoms. The van der Waals surface area contributed by atoms with E-state index in [-0.39, 0.29) is 17.4 Å². The smallest absolute Gasteiger partial charge is 0.321 e. The van der Waals surface area contributed by atoms with E-state index in [4.69, 9.17) is 4.74 Å². The van der Waals surface area contributed by atoms with Crippen molar-refractivity contribution in [3.63, 3.8) is 0 Å². The Balaban J connectivity index is 1.86. The monoisotopic (exact) mass is 368 g/mol. The summed E-state index contributed by atoms with van der Waals surface area (Å²) in [4.78, 5) is 25.6. The largest absolute Gasteiger partial charge is 0.455 e. The summed E-state index contributed by atoms with van der Waals surface area (Å²) in [7, 11) is -2.46. The molecular weight excluding hydrogens is 344 g/mol. The van der Waals surface area contributed by atoms with Crippen LogP contribution in [-0.2, 0) is 24.3 Å². The van der Waals surface area contributed by atoms with Gasteiger partial charge in [-0.15, -0.1) is 0 Å². The van der Waals surface area contributed by atoms with Gasteiger partial charge in [-0.25, -0.2) is 8.42 Å². The van der Waals surface area contributed by atoms with Gasteiger partial charge in [-0.1, -0.05) is 17.7 Å². The third-order valence-electron chi connectivity index (χ3n) is 4.15. The van der Waals surface area contributed by atoms with Crippen molar-refractivity contribution in [1.29, 1.82) is 0 Å². The van der Waals surface area contributed by atoms with Crippen molar-refractivity contribution in [2.75, 3.05) is 33.3 Å². The molecule has 1 aliphatic rings. The SMILES string of the molecule is Cc1ccc(S(=O)(=O)N(C)CC(=O)OCC(=O)N2CCCCC2)cc1. The maximum absolute atomic E-state index is 12.4. The van der Waals surface area contributed by atoms with Crippen LogP contribution in [0.4, 0.5) is 0 Å². The Labute approximate surface area is 148 Å².